The van der Waals surface area contributed by atoms with E-state index in [9.17, 15) is 0 Å². The number of rotatable bonds is 4. The lowest BCUT2D eigenvalue weighted by Crippen LogP contribution is -2.15. The molecular formula is C16H16N2O2. The van der Waals surface area contributed by atoms with E-state index in [4.69, 9.17) is 15.9 Å². The van der Waals surface area contributed by atoms with Crippen molar-refractivity contribution in [3.63, 3.8) is 0 Å². The molecule has 0 saturated heterocycles. The number of anilines is 1. The van der Waals surface area contributed by atoms with Gasteiger partial charge >= 0.3 is 0 Å². The second-order valence-electron chi connectivity index (χ2n) is 4.61. The molecule has 0 fully saturated rings. The van der Waals surface area contributed by atoms with Crippen molar-refractivity contribution in [2.75, 3.05) is 25.1 Å². The van der Waals surface area contributed by atoms with E-state index in [0.29, 0.717) is 13.2 Å². The van der Waals surface area contributed by atoms with Crippen LogP contribution in [0.15, 0.2) is 24.4 Å². The topological polar surface area (TPSA) is 43.4 Å². The first kappa shape index (κ1) is 12.6. The number of fused-ring (bicyclic) bond motifs is 2. The summed E-state index contributed by atoms with van der Waals surface area (Å²) in [7, 11) is 0. The summed E-state index contributed by atoms with van der Waals surface area (Å²) < 4.78 is 11.2. The number of terminal acetylenes is 1. The number of unbranched alkanes of at least 4 members (excludes halogenated alkanes) is 1. The van der Waals surface area contributed by atoms with Gasteiger partial charge in [0.25, 0.3) is 0 Å². The van der Waals surface area contributed by atoms with Crippen molar-refractivity contribution in [1.29, 1.82) is 0 Å². The summed E-state index contributed by atoms with van der Waals surface area (Å²) in [5.74, 6) is 5.07. The van der Waals surface area contributed by atoms with Crippen LogP contribution in [0, 0.1) is 12.3 Å². The third kappa shape index (κ3) is 2.48. The molecule has 4 nitrogen and oxygen atoms in total. The average molecular weight is 268 g/mol. The van der Waals surface area contributed by atoms with Crippen LogP contribution in [0.5, 0.6) is 11.5 Å². The number of nitrogens with one attached hydrogen (secondary N) is 1. The van der Waals surface area contributed by atoms with Gasteiger partial charge in [-0.1, -0.05) is 0 Å². The Morgan fingerprint density at radius 3 is 2.85 bits per heavy atom. The smallest absolute Gasteiger partial charge is 0.162 e. The minimum absolute atomic E-state index is 0.587. The quantitative estimate of drug-likeness (QED) is 0.684. The predicted octanol–water partition coefficient (Wildman–Crippen LogP) is 2.83. The molecule has 0 bridgehead atoms. The molecular weight excluding hydrogens is 252 g/mol. The molecule has 2 aromatic rings. The molecule has 0 radical (unpaired) electrons. The molecule has 0 spiro atoms. The zero-order valence-electron chi connectivity index (χ0n) is 11.2. The predicted molar refractivity (Wildman–Crippen MR) is 79.3 cm³/mol. The molecule has 0 atom stereocenters. The largest absolute Gasteiger partial charge is 0.486 e. The third-order valence-corrected chi connectivity index (χ3v) is 3.22. The maximum Gasteiger partial charge on any atom is 0.162 e. The summed E-state index contributed by atoms with van der Waals surface area (Å²) in [4.78, 5) is 4.39. The second kappa shape index (κ2) is 5.70. The normalized spacial score (nSPS) is 12.9. The number of ether oxygens (including phenoxy) is 2. The van der Waals surface area contributed by atoms with Crippen LogP contribution in [0.1, 0.15) is 12.8 Å². The Labute approximate surface area is 118 Å². The fraction of sp³-hybridized carbons (Fsp3) is 0.312. The number of aromatic nitrogens is 1. The Balaban J connectivity index is 1.90. The molecule has 1 N–H and O–H groups in total. The Morgan fingerprint density at radius 1 is 1.25 bits per heavy atom. The van der Waals surface area contributed by atoms with E-state index in [1.807, 2.05) is 18.2 Å². The fourth-order valence-corrected chi connectivity index (χ4v) is 2.25. The van der Waals surface area contributed by atoms with Crippen molar-refractivity contribution in [3.05, 3.63) is 24.4 Å². The molecule has 0 unspecified atom stereocenters. The van der Waals surface area contributed by atoms with Crippen molar-refractivity contribution in [2.45, 2.75) is 12.8 Å². The lowest BCUT2D eigenvalue weighted by Gasteiger charge is -2.19. The van der Waals surface area contributed by atoms with Crippen LogP contribution in [-0.4, -0.2) is 24.7 Å². The molecule has 0 aliphatic carbocycles. The van der Waals surface area contributed by atoms with E-state index < -0.39 is 0 Å². The minimum atomic E-state index is 0.587. The third-order valence-electron chi connectivity index (χ3n) is 3.22. The Kier molecular flexibility index (Phi) is 3.60. The van der Waals surface area contributed by atoms with Gasteiger partial charge in [0.05, 0.1) is 0 Å². The van der Waals surface area contributed by atoms with Gasteiger partial charge in [0.2, 0.25) is 0 Å². The molecule has 1 aliphatic heterocycles. The van der Waals surface area contributed by atoms with Crippen molar-refractivity contribution < 1.29 is 9.47 Å². The van der Waals surface area contributed by atoms with Gasteiger partial charge < -0.3 is 14.8 Å². The summed E-state index contributed by atoms with van der Waals surface area (Å²) in [5, 5.41) is 5.45. The van der Waals surface area contributed by atoms with E-state index in [2.05, 4.69) is 16.2 Å². The van der Waals surface area contributed by atoms with Gasteiger partial charge in [-0.25, -0.2) is 4.98 Å². The molecule has 3 rings (SSSR count). The van der Waals surface area contributed by atoms with Gasteiger partial charge in [0, 0.05) is 24.5 Å². The summed E-state index contributed by atoms with van der Waals surface area (Å²) in [6, 6.07) is 5.96. The van der Waals surface area contributed by atoms with E-state index in [1.54, 1.807) is 6.20 Å². The van der Waals surface area contributed by atoms with Crippen LogP contribution in [0.25, 0.3) is 10.8 Å². The molecule has 1 aromatic heterocycles. The lowest BCUT2D eigenvalue weighted by molar-refractivity contribution is 0.172. The molecule has 1 aliphatic rings. The number of benzene rings is 1. The standard InChI is InChI=1S/C16H16N2O2/c1-2-3-4-6-17-16-13-11-15-14(19-8-9-20-15)10-12(13)5-7-18-16/h1,5,7,10-11H,3-4,6,8-9H2,(H,17,18). The van der Waals surface area contributed by atoms with Gasteiger partial charge in [-0.15, -0.1) is 12.3 Å². The molecule has 102 valence electrons. The first-order valence-electron chi connectivity index (χ1n) is 6.74. The number of pyridine rings is 1. The molecule has 1 aromatic carbocycles. The Morgan fingerprint density at radius 2 is 2.05 bits per heavy atom. The van der Waals surface area contributed by atoms with Crippen LogP contribution < -0.4 is 14.8 Å². The lowest BCUT2D eigenvalue weighted by atomic mass is 10.1. The van der Waals surface area contributed by atoms with Gasteiger partial charge in [-0.3, -0.25) is 0 Å². The number of nitrogens with zero attached hydrogens (tertiary/aromatic N) is 1. The zero-order valence-corrected chi connectivity index (χ0v) is 11.2. The molecule has 2 heterocycles. The minimum Gasteiger partial charge on any atom is -0.486 e. The van der Waals surface area contributed by atoms with Crippen LogP contribution in [0.4, 0.5) is 5.82 Å². The highest BCUT2D eigenvalue weighted by molar-refractivity contribution is 5.94. The maximum absolute atomic E-state index is 5.62. The van der Waals surface area contributed by atoms with Gasteiger partial charge in [0.1, 0.15) is 19.0 Å². The molecule has 0 saturated carbocycles. The maximum atomic E-state index is 5.62. The van der Waals surface area contributed by atoms with Crippen LogP contribution in [0.3, 0.4) is 0 Å². The van der Waals surface area contributed by atoms with Gasteiger partial charge in [-0.05, 0) is 30.0 Å². The number of hydrogen-bond acceptors (Lipinski definition) is 4. The van der Waals surface area contributed by atoms with Gasteiger partial charge in [-0.2, -0.15) is 0 Å². The highest BCUT2D eigenvalue weighted by Gasteiger charge is 2.14. The van der Waals surface area contributed by atoms with Crippen molar-refractivity contribution in [3.8, 4) is 23.8 Å². The average Bonchev–Trinajstić information content (AvgIpc) is 2.50. The van der Waals surface area contributed by atoms with Crippen LogP contribution in [-0.2, 0) is 0 Å². The summed E-state index contributed by atoms with van der Waals surface area (Å²) >= 11 is 0. The molecule has 20 heavy (non-hydrogen) atoms. The summed E-state index contributed by atoms with van der Waals surface area (Å²) in [6.45, 7) is 2.00. The SMILES string of the molecule is C#CCCCNc1nccc2cc3c(cc12)OCCO3. The fourth-order valence-electron chi connectivity index (χ4n) is 2.25. The van der Waals surface area contributed by atoms with E-state index in [1.165, 1.54) is 0 Å². The number of hydrogen-bond donors (Lipinski definition) is 1. The monoisotopic (exact) mass is 268 g/mol. The Bertz CT molecular complexity index is 661. The molecule has 4 heteroatoms. The molecule has 0 amide bonds. The van der Waals surface area contributed by atoms with E-state index >= 15 is 0 Å². The first-order valence-corrected chi connectivity index (χ1v) is 6.74. The zero-order chi connectivity index (χ0) is 13.8. The van der Waals surface area contributed by atoms with Gasteiger partial charge in [0.15, 0.2) is 11.5 Å². The second-order valence-corrected chi connectivity index (χ2v) is 4.61. The van der Waals surface area contributed by atoms with Crippen molar-refractivity contribution in [2.24, 2.45) is 0 Å². The van der Waals surface area contributed by atoms with Crippen molar-refractivity contribution in [1.82, 2.24) is 4.98 Å². The summed E-state index contributed by atoms with van der Waals surface area (Å²) in [6.07, 6.45) is 8.74. The van der Waals surface area contributed by atoms with Crippen LogP contribution >= 0.6 is 0 Å². The Hall–Kier alpha value is -2.41. The first-order chi connectivity index (χ1) is 9.88. The van der Waals surface area contributed by atoms with E-state index in [-0.39, 0.29) is 0 Å². The van der Waals surface area contributed by atoms with E-state index in [0.717, 1.165) is 47.5 Å². The highest BCUT2D eigenvalue weighted by atomic mass is 16.6. The van der Waals surface area contributed by atoms with Crippen LogP contribution in [0.2, 0.25) is 0 Å². The highest BCUT2D eigenvalue weighted by Crippen LogP contribution is 2.36. The summed E-state index contributed by atoms with van der Waals surface area (Å²) in [5.41, 5.74) is 0. The van der Waals surface area contributed by atoms with Crippen molar-refractivity contribution >= 4 is 16.6 Å².